The van der Waals surface area contributed by atoms with Crippen LogP contribution in [0.5, 0.6) is 0 Å². The monoisotopic (exact) mass is 715 g/mol. The lowest BCUT2D eigenvalue weighted by atomic mass is 9.84. The number of anilines is 1. The maximum absolute atomic E-state index is 14.1. The van der Waals surface area contributed by atoms with Gasteiger partial charge in [0.1, 0.15) is 21.5 Å². The fraction of sp³-hybridized carbons (Fsp3) is 0.297. The molecule has 1 saturated heterocycles. The summed E-state index contributed by atoms with van der Waals surface area (Å²) in [6.45, 7) is 2.88. The van der Waals surface area contributed by atoms with Gasteiger partial charge in [0.2, 0.25) is 5.91 Å². The number of para-hydroxylation sites is 1. The van der Waals surface area contributed by atoms with Crippen LogP contribution in [0, 0.1) is 0 Å². The Kier molecular flexibility index (Phi) is 11.8. The highest BCUT2D eigenvalue weighted by atomic mass is 35.5. The number of amides is 2. The molecule has 9 nitrogen and oxygen atoms in total. The number of halogens is 1. The number of aromatic nitrogens is 2. The first kappa shape index (κ1) is 34.8. The van der Waals surface area contributed by atoms with Gasteiger partial charge in [-0.1, -0.05) is 114 Å². The van der Waals surface area contributed by atoms with E-state index in [1.807, 2.05) is 91.0 Å². The van der Waals surface area contributed by atoms with Crippen molar-refractivity contribution >= 4 is 62.7 Å². The molecule has 1 unspecified atom stereocenters. The Bertz CT molecular complexity index is 1820. The van der Waals surface area contributed by atoms with Crippen LogP contribution in [0.3, 0.4) is 0 Å². The second-order valence-electron chi connectivity index (χ2n) is 11.8. The predicted octanol–water partition coefficient (Wildman–Crippen LogP) is 7.31. The normalized spacial score (nSPS) is 18.2. The van der Waals surface area contributed by atoms with E-state index in [-0.39, 0.29) is 24.2 Å². The van der Waals surface area contributed by atoms with E-state index in [1.54, 1.807) is 17.8 Å². The lowest BCUT2D eigenvalue weighted by Crippen LogP contribution is -2.52. The zero-order valence-corrected chi connectivity index (χ0v) is 29.6. The molecule has 4 atom stereocenters. The molecule has 0 spiro atoms. The van der Waals surface area contributed by atoms with Crippen molar-refractivity contribution in [2.75, 3.05) is 24.7 Å². The molecule has 3 aromatic carbocycles. The van der Waals surface area contributed by atoms with Crippen LogP contribution in [0.15, 0.2) is 101 Å². The smallest absolute Gasteiger partial charge is 0.407 e. The summed E-state index contributed by atoms with van der Waals surface area (Å²) in [6.07, 6.45) is 0.768. The minimum absolute atomic E-state index is 0.000293. The van der Waals surface area contributed by atoms with Gasteiger partial charge in [-0.25, -0.2) is 14.8 Å². The highest BCUT2D eigenvalue weighted by Gasteiger charge is 2.33. The quantitative estimate of drug-likeness (QED) is 0.0911. The van der Waals surface area contributed by atoms with Crippen LogP contribution >= 0.6 is 34.7 Å². The molecule has 0 bridgehead atoms. The Labute approximate surface area is 299 Å². The summed E-state index contributed by atoms with van der Waals surface area (Å²) in [4.78, 5) is 36.6. The van der Waals surface area contributed by atoms with Crippen molar-refractivity contribution in [2.45, 2.75) is 54.3 Å². The topological polar surface area (TPSA) is 114 Å². The first-order valence-corrected chi connectivity index (χ1v) is 18.3. The SMILES string of the molecule is COC(=O)NC(C(=O)Nc1ccccc1CC[C@@H]1CN[C@H](C)[C@@H](CSc2nc3ccc(Cl)nc3s2)O1)C(c1ccccc1)c1ccccc1. The van der Waals surface area contributed by atoms with Crippen LogP contribution in [0.4, 0.5) is 10.5 Å². The van der Waals surface area contributed by atoms with Crippen molar-refractivity contribution in [1.82, 2.24) is 20.6 Å². The Hall–Kier alpha value is -4.00. The number of carbonyl (C=O) groups excluding carboxylic acids is 2. The third-order valence-electron chi connectivity index (χ3n) is 8.57. The average Bonchev–Trinajstić information content (AvgIpc) is 3.53. The van der Waals surface area contributed by atoms with Gasteiger partial charge in [-0.3, -0.25) is 4.79 Å². The molecule has 6 rings (SSSR count). The van der Waals surface area contributed by atoms with Crippen molar-refractivity contribution in [3.05, 3.63) is 119 Å². The minimum Gasteiger partial charge on any atom is -0.453 e. The zero-order chi connectivity index (χ0) is 34.2. The number of rotatable bonds is 12. The first-order chi connectivity index (χ1) is 23.9. The summed E-state index contributed by atoms with van der Waals surface area (Å²) < 4.78 is 12.5. The van der Waals surface area contributed by atoms with Crippen LogP contribution in [-0.4, -0.2) is 65.7 Å². The molecule has 0 radical (unpaired) electrons. The molecule has 2 amide bonds. The largest absolute Gasteiger partial charge is 0.453 e. The minimum atomic E-state index is -0.945. The molecule has 3 heterocycles. The average molecular weight is 716 g/mol. The second-order valence-corrected chi connectivity index (χ2v) is 14.5. The summed E-state index contributed by atoms with van der Waals surface area (Å²) in [5.41, 5.74) is 4.31. The molecule has 254 valence electrons. The maximum atomic E-state index is 14.1. The number of benzene rings is 3. The Morgan fingerprint density at radius 2 is 1.69 bits per heavy atom. The number of hydrogen-bond donors (Lipinski definition) is 3. The van der Waals surface area contributed by atoms with Gasteiger partial charge in [0.25, 0.3) is 0 Å². The molecule has 12 heteroatoms. The molecule has 5 aromatic rings. The highest BCUT2D eigenvalue weighted by molar-refractivity contribution is 8.01. The Morgan fingerprint density at radius 1 is 1.00 bits per heavy atom. The van der Waals surface area contributed by atoms with Gasteiger partial charge in [0, 0.05) is 29.9 Å². The van der Waals surface area contributed by atoms with E-state index < -0.39 is 18.1 Å². The number of methoxy groups -OCH3 is 1. The van der Waals surface area contributed by atoms with Gasteiger partial charge in [-0.2, -0.15) is 0 Å². The van der Waals surface area contributed by atoms with Gasteiger partial charge in [0.15, 0.2) is 4.34 Å². The van der Waals surface area contributed by atoms with Crippen molar-refractivity contribution < 1.29 is 19.1 Å². The number of hydrogen-bond acceptors (Lipinski definition) is 9. The fourth-order valence-electron chi connectivity index (χ4n) is 5.98. The van der Waals surface area contributed by atoms with Gasteiger partial charge in [-0.05, 0) is 54.7 Å². The van der Waals surface area contributed by atoms with Crippen LogP contribution in [0.25, 0.3) is 10.3 Å². The predicted molar refractivity (Wildman–Crippen MR) is 197 cm³/mol. The summed E-state index contributed by atoms with van der Waals surface area (Å²) in [5, 5.41) is 10.0. The van der Waals surface area contributed by atoms with Gasteiger partial charge >= 0.3 is 6.09 Å². The van der Waals surface area contributed by atoms with Gasteiger partial charge in [-0.15, -0.1) is 0 Å². The van der Waals surface area contributed by atoms with E-state index in [4.69, 9.17) is 21.1 Å². The Balaban J connectivity index is 1.13. The van der Waals surface area contributed by atoms with E-state index >= 15 is 0 Å². The standard InChI is InChI=1S/C37H38ClN5O4S2/c1-23-30(22-48-37-41-29-19-20-31(38)42-35(29)49-37)47-27(21-39-23)18-17-24-11-9-10-16-28(24)40-34(44)33(43-36(45)46-2)32(25-12-5-3-6-13-25)26-14-7-4-8-15-26/h3-16,19-20,23,27,30,32-33,39H,17-18,21-22H2,1-2H3,(H,40,44)(H,43,45)/t23-,27-,30-,33?/m1/s1. The summed E-state index contributed by atoms with van der Waals surface area (Å²) >= 11 is 9.26. The summed E-state index contributed by atoms with van der Waals surface area (Å²) in [6, 6.07) is 30.1. The van der Waals surface area contributed by atoms with Crippen molar-refractivity contribution in [2.24, 2.45) is 0 Å². The molecule has 2 aromatic heterocycles. The lowest BCUT2D eigenvalue weighted by molar-refractivity contribution is -0.118. The number of fused-ring (bicyclic) bond motifs is 1. The van der Waals surface area contributed by atoms with E-state index in [0.29, 0.717) is 17.3 Å². The van der Waals surface area contributed by atoms with E-state index in [0.717, 1.165) is 50.1 Å². The number of ether oxygens (including phenoxy) is 2. The van der Waals surface area contributed by atoms with Crippen LogP contribution < -0.4 is 16.0 Å². The summed E-state index contributed by atoms with van der Waals surface area (Å²) in [7, 11) is 1.29. The molecule has 0 saturated carbocycles. The van der Waals surface area contributed by atoms with E-state index in [9.17, 15) is 9.59 Å². The molecule has 1 aliphatic rings. The van der Waals surface area contributed by atoms with Crippen LogP contribution in [0.1, 0.15) is 36.0 Å². The molecule has 1 fully saturated rings. The van der Waals surface area contributed by atoms with Crippen molar-refractivity contribution in [3.8, 4) is 0 Å². The third kappa shape index (κ3) is 8.97. The number of thiazole rings is 1. The number of pyridine rings is 1. The molecule has 3 N–H and O–H groups in total. The summed E-state index contributed by atoms with van der Waals surface area (Å²) in [5.74, 6) is -0.0444. The highest BCUT2D eigenvalue weighted by Crippen LogP contribution is 2.32. The number of aryl methyl sites for hydroxylation is 1. The van der Waals surface area contributed by atoms with Gasteiger partial charge in [0.05, 0.1) is 19.3 Å². The first-order valence-electron chi connectivity index (χ1n) is 16.2. The number of morpholine rings is 1. The molecular formula is C37H38ClN5O4S2. The molecule has 1 aliphatic heterocycles. The van der Waals surface area contributed by atoms with Gasteiger partial charge < -0.3 is 25.4 Å². The zero-order valence-electron chi connectivity index (χ0n) is 27.2. The number of alkyl carbamates (subject to hydrolysis) is 1. The fourth-order valence-corrected chi connectivity index (χ4v) is 8.36. The van der Waals surface area contributed by atoms with Crippen molar-refractivity contribution in [3.63, 3.8) is 0 Å². The van der Waals surface area contributed by atoms with Crippen LogP contribution in [-0.2, 0) is 20.7 Å². The molecule has 49 heavy (non-hydrogen) atoms. The lowest BCUT2D eigenvalue weighted by Gasteiger charge is -2.36. The Morgan fingerprint density at radius 3 is 2.41 bits per heavy atom. The molecule has 0 aliphatic carbocycles. The number of nitrogens with zero attached hydrogens (tertiary/aromatic N) is 2. The van der Waals surface area contributed by atoms with Crippen molar-refractivity contribution in [1.29, 1.82) is 0 Å². The molecular weight excluding hydrogens is 678 g/mol. The van der Waals surface area contributed by atoms with Crippen LogP contribution in [0.2, 0.25) is 5.15 Å². The van der Waals surface area contributed by atoms with E-state index in [2.05, 4.69) is 32.8 Å². The third-order valence-corrected chi connectivity index (χ3v) is 11.0. The number of carbonyl (C=O) groups is 2. The number of thioether (sulfide) groups is 1. The number of nitrogens with one attached hydrogen (secondary N) is 3. The maximum Gasteiger partial charge on any atom is 0.407 e. The van der Waals surface area contributed by atoms with E-state index in [1.165, 1.54) is 18.4 Å². The second kappa shape index (κ2) is 16.6.